The number of aliphatic hydroxyl groups is 1. The summed E-state index contributed by atoms with van der Waals surface area (Å²) in [6, 6.07) is 0.647. The predicted molar refractivity (Wildman–Crippen MR) is 98.4 cm³/mol. The van der Waals surface area contributed by atoms with E-state index in [-0.39, 0.29) is 6.61 Å². The van der Waals surface area contributed by atoms with Crippen LogP contribution in [0, 0.1) is 5.92 Å². The Bertz CT molecular complexity index is 740. The van der Waals surface area contributed by atoms with Gasteiger partial charge in [0.15, 0.2) is 0 Å². The fraction of sp³-hybridized carbons (Fsp3) is 0.667. The van der Waals surface area contributed by atoms with Gasteiger partial charge < -0.3 is 10.8 Å². The quantitative estimate of drug-likeness (QED) is 0.840. The lowest BCUT2D eigenvalue weighted by Crippen LogP contribution is -2.31. The number of fused-ring (bicyclic) bond motifs is 3. The fourth-order valence-electron chi connectivity index (χ4n) is 3.82. The lowest BCUT2D eigenvalue weighted by Gasteiger charge is -2.20. The number of anilines is 1. The summed E-state index contributed by atoms with van der Waals surface area (Å²) in [6.07, 6.45) is 6.79. The number of nitrogens with zero attached hydrogens (tertiary/aromatic N) is 3. The van der Waals surface area contributed by atoms with Gasteiger partial charge in [0.05, 0.1) is 12.0 Å². The first-order chi connectivity index (χ1) is 11.7. The van der Waals surface area contributed by atoms with Crippen LogP contribution in [0.2, 0.25) is 0 Å². The molecule has 2 aromatic rings. The monoisotopic (exact) mass is 346 g/mol. The molecule has 130 valence electrons. The van der Waals surface area contributed by atoms with Crippen molar-refractivity contribution in [3.63, 3.8) is 0 Å². The topological polar surface area (TPSA) is 75.3 Å². The molecule has 0 aliphatic heterocycles. The van der Waals surface area contributed by atoms with Crippen molar-refractivity contribution in [2.75, 3.05) is 25.4 Å². The minimum absolute atomic E-state index is 0.217. The maximum absolute atomic E-state index is 9.22. The highest BCUT2D eigenvalue weighted by Crippen LogP contribution is 2.39. The molecule has 6 heteroatoms. The molecular weight excluding hydrogens is 320 g/mol. The molecule has 1 saturated carbocycles. The first kappa shape index (κ1) is 16.2. The lowest BCUT2D eigenvalue weighted by molar-refractivity contribution is 0.190. The Balaban J connectivity index is 1.56. The number of hydrogen-bond donors (Lipinski definition) is 2. The second kappa shape index (κ2) is 6.58. The molecule has 5 nitrogen and oxygen atoms in total. The van der Waals surface area contributed by atoms with Crippen LogP contribution in [-0.4, -0.2) is 45.7 Å². The zero-order valence-electron chi connectivity index (χ0n) is 14.3. The summed E-state index contributed by atoms with van der Waals surface area (Å²) >= 11 is 1.81. The van der Waals surface area contributed by atoms with Gasteiger partial charge in [-0.2, -0.15) is 0 Å². The maximum Gasteiger partial charge on any atom is 0.136 e. The Morgan fingerprint density at radius 3 is 2.83 bits per heavy atom. The summed E-state index contributed by atoms with van der Waals surface area (Å²) in [5.41, 5.74) is 7.70. The van der Waals surface area contributed by atoms with Gasteiger partial charge in [0.2, 0.25) is 0 Å². The third-order valence-electron chi connectivity index (χ3n) is 5.30. The van der Waals surface area contributed by atoms with Crippen molar-refractivity contribution in [3.05, 3.63) is 16.3 Å². The summed E-state index contributed by atoms with van der Waals surface area (Å²) in [5, 5.41) is 10.3. The number of thiophene rings is 1. The molecule has 0 spiro atoms. The Morgan fingerprint density at radius 2 is 2.08 bits per heavy atom. The molecule has 0 amide bonds. The number of nitrogens with two attached hydrogens (primary N) is 1. The number of aliphatic hydroxyl groups excluding tert-OH is 1. The molecule has 3 N–H and O–H groups in total. The highest BCUT2D eigenvalue weighted by atomic mass is 32.1. The average molecular weight is 347 g/mol. The third-order valence-corrected chi connectivity index (χ3v) is 6.45. The highest BCUT2D eigenvalue weighted by molar-refractivity contribution is 7.19. The Kier molecular flexibility index (Phi) is 4.45. The summed E-state index contributed by atoms with van der Waals surface area (Å²) < 4.78 is 0. The molecule has 1 unspecified atom stereocenters. The molecule has 2 aliphatic rings. The normalized spacial score (nSPS) is 20.7. The molecule has 2 heterocycles. The van der Waals surface area contributed by atoms with Crippen molar-refractivity contribution < 1.29 is 5.11 Å². The van der Waals surface area contributed by atoms with Crippen molar-refractivity contribution in [2.24, 2.45) is 5.92 Å². The summed E-state index contributed by atoms with van der Waals surface area (Å²) in [5.74, 6) is 2.25. The van der Waals surface area contributed by atoms with Crippen LogP contribution in [0.25, 0.3) is 10.2 Å². The van der Waals surface area contributed by atoms with Crippen LogP contribution in [0.1, 0.15) is 42.5 Å². The van der Waals surface area contributed by atoms with E-state index in [0.29, 0.717) is 11.9 Å². The lowest BCUT2D eigenvalue weighted by atomic mass is 9.89. The van der Waals surface area contributed by atoms with Gasteiger partial charge in [-0.05, 0) is 43.6 Å². The van der Waals surface area contributed by atoms with Gasteiger partial charge in [-0.25, -0.2) is 9.97 Å². The molecule has 4 rings (SSSR count). The van der Waals surface area contributed by atoms with Crippen LogP contribution in [0.4, 0.5) is 5.82 Å². The summed E-state index contributed by atoms with van der Waals surface area (Å²) in [6.45, 7) is 4.18. The third kappa shape index (κ3) is 3.15. The summed E-state index contributed by atoms with van der Waals surface area (Å²) in [4.78, 5) is 14.3. The molecule has 24 heavy (non-hydrogen) atoms. The minimum Gasteiger partial charge on any atom is -0.395 e. The van der Waals surface area contributed by atoms with Crippen molar-refractivity contribution in [3.8, 4) is 0 Å². The smallest absolute Gasteiger partial charge is 0.136 e. The van der Waals surface area contributed by atoms with Gasteiger partial charge >= 0.3 is 0 Å². The number of rotatable bonds is 6. The maximum atomic E-state index is 9.22. The molecule has 0 aromatic carbocycles. The summed E-state index contributed by atoms with van der Waals surface area (Å²) in [7, 11) is 0. The Hall–Kier alpha value is -1.24. The van der Waals surface area contributed by atoms with E-state index >= 15 is 0 Å². The van der Waals surface area contributed by atoms with E-state index in [9.17, 15) is 5.11 Å². The van der Waals surface area contributed by atoms with Gasteiger partial charge in [0.25, 0.3) is 0 Å². The number of hydrogen-bond acceptors (Lipinski definition) is 6. The Labute approximate surface area is 146 Å². The van der Waals surface area contributed by atoms with Crippen LogP contribution in [0.3, 0.4) is 0 Å². The zero-order chi connectivity index (χ0) is 16.7. The van der Waals surface area contributed by atoms with Crippen molar-refractivity contribution in [2.45, 2.75) is 51.5 Å². The largest absolute Gasteiger partial charge is 0.395 e. The van der Waals surface area contributed by atoms with E-state index in [0.717, 1.165) is 54.3 Å². The van der Waals surface area contributed by atoms with Crippen molar-refractivity contribution in [1.29, 1.82) is 0 Å². The molecule has 2 aliphatic carbocycles. The molecule has 1 atom stereocenters. The Morgan fingerprint density at radius 1 is 1.25 bits per heavy atom. The number of nitrogen functional groups attached to an aromatic ring is 1. The van der Waals surface area contributed by atoms with Crippen LogP contribution in [0.5, 0.6) is 0 Å². The molecule has 0 bridgehead atoms. The van der Waals surface area contributed by atoms with Crippen LogP contribution < -0.4 is 5.73 Å². The van der Waals surface area contributed by atoms with Crippen LogP contribution >= 0.6 is 11.3 Å². The van der Waals surface area contributed by atoms with Crippen LogP contribution in [0.15, 0.2) is 0 Å². The first-order valence-corrected chi connectivity index (χ1v) is 9.89. The standard InChI is InChI=1S/C18H26N4OS/c1-11-2-5-13-14(10-11)24-18-16(13)17(19)20-15(21-18)6-7-22(8-9-23)12-3-4-12/h11-12,23H,2-10H2,1H3,(H2,19,20,21). The number of aryl methyl sites for hydroxylation is 1. The highest BCUT2D eigenvalue weighted by Gasteiger charge is 2.28. The first-order valence-electron chi connectivity index (χ1n) is 9.07. The van der Waals surface area contributed by atoms with Gasteiger partial charge in [-0.1, -0.05) is 6.92 Å². The van der Waals surface area contributed by atoms with E-state index in [1.807, 2.05) is 11.3 Å². The van der Waals surface area contributed by atoms with E-state index < -0.39 is 0 Å². The molecule has 0 saturated heterocycles. The second-order valence-electron chi connectivity index (χ2n) is 7.30. The minimum atomic E-state index is 0.217. The SMILES string of the molecule is CC1CCc2c(sc3nc(CCN(CCO)C4CC4)nc(N)c23)C1. The van der Waals surface area contributed by atoms with E-state index in [1.54, 1.807) is 0 Å². The molecule has 2 aromatic heterocycles. The van der Waals surface area contributed by atoms with Gasteiger partial charge in [0, 0.05) is 30.4 Å². The molecule has 1 fully saturated rings. The van der Waals surface area contributed by atoms with Crippen LogP contribution in [-0.2, 0) is 19.3 Å². The van der Waals surface area contributed by atoms with E-state index in [4.69, 9.17) is 10.7 Å². The van der Waals surface area contributed by atoms with Crippen molar-refractivity contribution >= 4 is 27.4 Å². The predicted octanol–water partition coefficient (Wildman–Crippen LogP) is 2.40. The number of aromatic nitrogens is 2. The molecule has 0 radical (unpaired) electrons. The second-order valence-corrected chi connectivity index (χ2v) is 8.38. The van der Waals surface area contributed by atoms with Crippen molar-refractivity contribution in [1.82, 2.24) is 14.9 Å². The van der Waals surface area contributed by atoms with Gasteiger partial charge in [-0.3, -0.25) is 4.90 Å². The average Bonchev–Trinajstić information content (AvgIpc) is 3.32. The zero-order valence-corrected chi connectivity index (χ0v) is 15.1. The van der Waals surface area contributed by atoms with E-state index in [2.05, 4.69) is 16.8 Å². The van der Waals surface area contributed by atoms with Gasteiger partial charge in [0.1, 0.15) is 16.5 Å². The molecular formula is C18H26N4OS. The van der Waals surface area contributed by atoms with Gasteiger partial charge in [-0.15, -0.1) is 11.3 Å². The fourth-order valence-corrected chi connectivity index (χ4v) is 5.23. The van der Waals surface area contributed by atoms with E-state index in [1.165, 1.54) is 29.7 Å².